The van der Waals surface area contributed by atoms with E-state index < -0.39 is 5.60 Å². The summed E-state index contributed by atoms with van der Waals surface area (Å²) in [5, 5.41) is 11.7. The van der Waals surface area contributed by atoms with Crippen LogP contribution in [-0.4, -0.2) is 29.7 Å². The molecule has 4 aliphatic carbocycles. The summed E-state index contributed by atoms with van der Waals surface area (Å²) in [6.45, 7) is 7.11. The first-order valence-electron chi connectivity index (χ1n) is 12.1. The summed E-state index contributed by atoms with van der Waals surface area (Å²) in [4.78, 5) is 12.3. The SMILES string of the molecule is CCCCCC1(O)CC[C@H]2[C@@H]3CCC4CC(=O)CC(OC)[C@]4(C)[C@@H]3CC[C@@]21C. The van der Waals surface area contributed by atoms with Gasteiger partial charge in [-0.2, -0.15) is 0 Å². The molecule has 0 aliphatic heterocycles. The molecule has 1 N–H and O–H groups in total. The lowest BCUT2D eigenvalue weighted by Crippen LogP contribution is -2.60. The summed E-state index contributed by atoms with van der Waals surface area (Å²) < 4.78 is 5.96. The molecule has 0 bridgehead atoms. The van der Waals surface area contributed by atoms with Gasteiger partial charge in [0.05, 0.1) is 11.7 Å². The van der Waals surface area contributed by atoms with Gasteiger partial charge in [-0.05, 0) is 74.0 Å². The highest BCUT2D eigenvalue weighted by Gasteiger charge is 2.65. The zero-order valence-corrected chi connectivity index (χ0v) is 18.6. The average molecular weight is 391 g/mol. The molecule has 0 amide bonds. The van der Waals surface area contributed by atoms with E-state index in [0.29, 0.717) is 35.9 Å². The summed E-state index contributed by atoms with van der Waals surface area (Å²) in [5.74, 6) is 2.89. The number of carbonyl (C=O) groups excluding carboxylic acids is 1. The fourth-order valence-corrected chi connectivity index (χ4v) is 8.60. The summed E-state index contributed by atoms with van der Waals surface area (Å²) in [6.07, 6.45) is 13.0. The van der Waals surface area contributed by atoms with Crippen LogP contribution < -0.4 is 0 Å². The predicted molar refractivity (Wildman–Crippen MR) is 112 cm³/mol. The highest BCUT2D eigenvalue weighted by atomic mass is 16.5. The van der Waals surface area contributed by atoms with E-state index in [1.165, 1.54) is 38.5 Å². The summed E-state index contributed by atoms with van der Waals surface area (Å²) in [7, 11) is 1.81. The highest BCUT2D eigenvalue weighted by molar-refractivity contribution is 5.80. The molecular formula is C25H42O3. The Balaban J connectivity index is 1.59. The number of fused-ring (bicyclic) bond motifs is 5. The molecule has 0 heterocycles. The van der Waals surface area contributed by atoms with E-state index in [2.05, 4.69) is 20.8 Å². The van der Waals surface area contributed by atoms with Crippen LogP contribution >= 0.6 is 0 Å². The van der Waals surface area contributed by atoms with E-state index in [0.717, 1.165) is 32.1 Å². The smallest absolute Gasteiger partial charge is 0.135 e. The molecule has 28 heavy (non-hydrogen) atoms. The molecule has 0 radical (unpaired) electrons. The Labute approximate surface area is 172 Å². The van der Waals surface area contributed by atoms with Crippen LogP contribution in [0.15, 0.2) is 0 Å². The number of carbonyl (C=O) groups is 1. The minimum Gasteiger partial charge on any atom is -0.389 e. The van der Waals surface area contributed by atoms with Crippen LogP contribution in [0.4, 0.5) is 0 Å². The van der Waals surface area contributed by atoms with Gasteiger partial charge in [0.15, 0.2) is 0 Å². The molecular weight excluding hydrogens is 348 g/mol. The van der Waals surface area contributed by atoms with Gasteiger partial charge in [-0.1, -0.05) is 40.0 Å². The zero-order chi connectivity index (χ0) is 20.2. The van der Waals surface area contributed by atoms with Crippen LogP contribution in [0.3, 0.4) is 0 Å². The van der Waals surface area contributed by atoms with E-state index in [1.54, 1.807) is 0 Å². The molecule has 4 aliphatic rings. The van der Waals surface area contributed by atoms with Crippen LogP contribution in [-0.2, 0) is 9.53 Å². The summed E-state index contributed by atoms with van der Waals surface area (Å²) in [5.41, 5.74) is -0.243. The number of unbranched alkanes of at least 4 members (excludes halogenated alkanes) is 2. The third kappa shape index (κ3) is 2.86. The lowest BCUT2D eigenvalue weighted by atomic mass is 9.43. The first-order valence-corrected chi connectivity index (χ1v) is 12.1. The summed E-state index contributed by atoms with van der Waals surface area (Å²) >= 11 is 0. The van der Waals surface area contributed by atoms with E-state index in [4.69, 9.17) is 4.74 Å². The molecule has 0 aromatic heterocycles. The standard InChI is InChI=1S/C25H42O3/c1-5-6-7-12-25(27)14-11-20-19-9-8-17-15-18(26)16-22(28-4)24(17,3)21(19)10-13-23(20,25)2/h17,19-22,27H,5-16H2,1-4H3/t17?,19-,20-,21+,22?,23-,24-,25?/m0/s1. The quantitative estimate of drug-likeness (QED) is 0.627. The number of Topliss-reactive ketones (excluding diaryl/α,β-unsaturated/α-hetero) is 1. The summed E-state index contributed by atoms with van der Waals surface area (Å²) in [6, 6.07) is 0. The van der Waals surface area contributed by atoms with Crippen molar-refractivity contribution in [2.75, 3.05) is 7.11 Å². The fourth-order valence-electron chi connectivity index (χ4n) is 8.60. The maximum absolute atomic E-state index is 12.3. The molecule has 0 spiro atoms. The monoisotopic (exact) mass is 390 g/mol. The topological polar surface area (TPSA) is 46.5 Å². The number of ether oxygens (including phenoxy) is 1. The van der Waals surface area contributed by atoms with Crippen molar-refractivity contribution < 1.29 is 14.6 Å². The van der Waals surface area contributed by atoms with Crippen molar-refractivity contribution in [2.24, 2.45) is 34.5 Å². The van der Waals surface area contributed by atoms with Gasteiger partial charge in [0, 0.05) is 25.4 Å². The van der Waals surface area contributed by atoms with E-state index >= 15 is 0 Å². The third-order valence-electron chi connectivity index (χ3n) is 10.3. The second-order valence-electron chi connectivity index (χ2n) is 11.2. The van der Waals surface area contributed by atoms with E-state index in [9.17, 15) is 9.90 Å². The molecule has 0 aromatic rings. The van der Waals surface area contributed by atoms with Crippen molar-refractivity contribution in [1.82, 2.24) is 0 Å². The first-order chi connectivity index (χ1) is 13.3. The van der Waals surface area contributed by atoms with Crippen molar-refractivity contribution in [3.63, 3.8) is 0 Å². The lowest BCUT2D eigenvalue weighted by molar-refractivity contribution is -0.190. The minimum absolute atomic E-state index is 0.0815. The molecule has 3 unspecified atom stereocenters. The Kier molecular flexibility index (Phi) is 5.49. The van der Waals surface area contributed by atoms with Gasteiger partial charge in [-0.15, -0.1) is 0 Å². The highest BCUT2D eigenvalue weighted by Crippen LogP contribution is 2.68. The Morgan fingerprint density at radius 2 is 1.79 bits per heavy atom. The van der Waals surface area contributed by atoms with Crippen molar-refractivity contribution in [2.45, 2.75) is 110 Å². The molecule has 0 aromatic carbocycles. The van der Waals surface area contributed by atoms with Crippen molar-refractivity contribution in [3.05, 3.63) is 0 Å². The second-order valence-corrected chi connectivity index (χ2v) is 11.2. The number of methoxy groups -OCH3 is 1. The predicted octanol–water partition coefficient (Wildman–Crippen LogP) is 5.53. The zero-order valence-electron chi connectivity index (χ0n) is 18.6. The average Bonchev–Trinajstić information content (AvgIpc) is 2.93. The van der Waals surface area contributed by atoms with Gasteiger partial charge < -0.3 is 9.84 Å². The number of ketones is 1. The van der Waals surface area contributed by atoms with Gasteiger partial charge in [0.1, 0.15) is 5.78 Å². The van der Waals surface area contributed by atoms with Crippen LogP contribution in [0.2, 0.25) is 0 Å². The number of hydrogen-bond donors (Lipinski definition) is 1. The van der Waals surface area contributed by atoms with Crippen molar-refractivity contribution >= 4 is 5.78 Å². The van der Waals surface area contributed by atoms with Gasteiger partial charge in [0.25, 0.3) is 0 Å². The molecule has 160 valence electrons. The molecule has 4 rings (SSSR count). The molecule has 0 saturated heterocycles. The molecule has 3 nitrogen and oxygen atoms in total. The van der Waals surface area contributed by atoms with E-state index in [-0.39, 0.29) is 16.9 Å². The van der Waals surface area contributed by atoms with Gasteiger partial charge in [0.2, 0.25) is 0 Å². The first kappa shape index (κ1) is 20.8. The van der Waals surface area contributed by atoms with Crippen LogP contribution in [0.5, 0.6) is 0 Å². The van der Waals surface area contributed by atoms with Crippen molar-refractivity contribution in [1.29, 1.82) is 0 Å². The molecule has 4 fully saturated rings. The molecule has 3 heteroatoms. The van der Waals surface area contributed by atoms with Crippen LogP contribution in [0.25, 0.3) is 0 Å². The normalized spacial score (nSPS) is 50.8. The largest absolute Gasteiger partial charge is 0.389 e. The van der Waals surface area contributed by atoms with Crippen LogP contribution in [0, 0.1) is 34.5 Å². The number of aliphatic hydroxyl groups is 1. The minimum atomic E-state index is -0.460. The maximum atomic E-state index is 12.3. The van der Waals surface area contributed by atoms with Crippen molar-refractivity contribution in [3.8, 4) is 0 Å². The molecule has 4 saturated carbocycles. The van der Waals surface area contributed by atoms with Crippen LogP contribution in [0.1, 0.15) is 97.8 Å². The number of hydrogen-bond acceptors (Lipinski definition) is 3. The van der Waals surface area contributed by atoms with E-state index in [1.807, 2.05) is 7.11 Å². The fraction of sp³-hybridized carbons (Fsp3) is 0.960. The van der Waals surface area contributed by atoms with Gasteiger partial charge in [-0.3, -0.25) is 4.79 Å². The Bertz CT molecular complexity index is 591. The Hall–Kier alpha value is -0.410. The lowest BCUT2D eigenvalue weighted by Gasteiger charge is -2.62. The molecule has 8 atom stereocenters. The Morgan fingerprint density at radius 1 is 1.04 bits per heavy atom. The maximum Gasteiger partial charge on any atom is 0.135 e. The Morgan fingerprint density at radius 3 is 2.50 bits per heavy atom. The number of rotatable bonds is 5. The van der Waals surface area contributed by atoms with Gasteiger partial charge in [-0.25, -0.2) is 0 Å². The van der Waals surface area contributed by atoms with Gasteiger partial charge >= 0.3 is 0 Å². The third-order valence-corrected chi connectivity index (χ3v) is 10.3. The second kappa shape index (κ2) is 7.38.